The zero-order valence-corrected chi connectivity index (χ0v) is 16.1. The number of benzene rings is 2. The minimum Gasteiger partial charge on any atom is -0.348 e. The van der Waals surface area contributed by atoms with Crippen molar-refractivity contribution in [2.45, 2.75) is 18.4 Å². The van der Waals surface area contributed by atoms with Crippen LogP contribution in [0.1, 0.15) is 31.8 Å². The first-order valence-corrected chi connectivity index (χ1v) is 9.88. The Labute approximate surface area is 153 Å². The van der Waals surface area contributed by atoms with Crippen LogP contribution in [0.5, 0.6) is 0 Å². The molecular weight excluding hydrogens is 352 g/mol. The second-order valence-corrected chi connectivity index (χ2v) is 8.34. The maximum atomic E-state index is 12.4. The first-order chi connectivity index (χ1) is 12.1. The summed E-state index contributed by atoms with van der Waals surface area (Å²) in [6.45, 7) is 2.03. The Morgan fingerprint density at radius 1 is 1.04 bits per heavy atom. The molecule has 0 atom stereocenters. The Morgan fingerprint density at radius 3 is 2.19 bits per heavy atom. The molecule has 0 aliphatic carbocycles. The summed E-state index contributed by atoms with van der Waals surface area (Å²) >= 11 is 0. The van der Waals surface area contributed by atoms with E-state index < -0.39 is 9.84 Å². The number of hydrogen-bond donors (Lipinski definition) is 1. The second kappa shape index (κ2) is 7.70. The summed E-state index contributed by atoms with van der Waals surface area (Å²) < 4.78 is 23.3. The number of carbonyl (C=O) groups excluding carboxylic acids is 2. The van der Waals surface area contributed by atoms with Crippen molar-refractivity contribution in [2.75, 3.05) is 20.4 Å². The standard InChI is InChI=1S/C19H22N2O4S/c1-13-5-10-16(26(4,24)25)11-17(13)18(22)20-12-14-6-8-15(9-7-14)19(23)21(2)3/h5-11H,12H2,1-4H3,(H,20,22). The molecule has 26 heavy (non-hydrogen) atoms. The van der Waals surface area contributed by atoms with Crippen LogP contribution in [0.15, 0.2) is 47.4 Å². The van der Waals surface area contributed by atoms with Gasteiger partial charge in [-0.3, -0.25) is 9.59 Å². The lowest BCUT2D eigenvalue weighted by atomic mass is 10.1. The fourth-order valence-electron chi connectivity index (χ4n) is 2.38. The van der Waals surface area contributed by atoms with E-state index in [1.807, 2.05) is 0 Å². The van der Waals surface area contributed by atoms with Gasteiger partial charge in [-0.15, -0.1) is 0 Å². The number of rotatable bonds is 5. The monoisotopic (exact) mass is 374 g/mol. The average Bonchev–Trinajstić information content (AvgIpc) is 2.58. The van der Waals surface area contributed by atoms with E-state index in [2.05, 4.69) is 5.32 Å². The SMILES string of the molecule is Cc1ccc(S(C)(=O)=O)cc1C(=O)NCc1ccc(C(=O)N(C)C)cc1. The van der Waals surface area contributed by atoms with Gasteiger partial charge in [0.2, 0.25) is 0 Å². The van der Waals surface area contributed by atoms with Crippen LogP contribution in [0.3, 0.4) is 0 Å². The number of amides is 2. The first-order valence-electron chi connectivity index (χ1n) is 7.99. The molecule has 2 aromatic carbocycles. The molecule has 1 N–H and O–H groups in total. The van der Waals surface area contributed by atoms with Gasteiger partial charge in [0.05, 0.1) is 4.90 Å². The maximum absolute atomic E-state index is 12.4. The smallest absolute Gasteiger partial charge is 0.253 e. The van der Waals surface area contributed by atoms with E-state index in [1.54, 1.807) is 51.4 Å². The van der Waals surface area contributed by atoms with E-state index in [1.165, 1.54) is 17.0 Å². The highest BCUT2D eigenvalue weighted by Crippen LogP contribution is 2.16. The van der Waals surface area contributed by atoms with Gasteiger partial charge in [-0.25, -0.2) is 8.42 Å². The lowest BCUT2D eigenvalue weighted by molar-refractivity contribution is 0.0827. The van der Waals surface area contributed by atoms with Crippen molar-refractivity contribution < 1.29 is 18.0 Å². The predicted octanol–water partition coefficient (Wildman–Crippen LogP) is 2.03. The summed E-state index contributed by atoms with van der Waals surface area (Å²) in [6, 6.07) is 11.5. The molecule has 0 aliphatic rings. The Kier molecular flexibility index (Phi) is 5.82. The summed E-state index contributed by atoms with van der Waals surface area (Å²) in [5.74, 6) is -0.435. The van der Waals surface area contributed by atoms with Gasteiger partial charge in [0, 0.05) is 38.0 Å². The van der Waals surface area contributed by atoms with Crippen molar-refractivity contribution in [2.24, 2.45) is 0 Å². The summed E-state index contributed by atoms with van der Waals surface area (Å²) in [7, 11) is -0.0107. The number of nitrogens with one attached hydrogen (secondary N) is 1. The van der Waals surface area contributed by atoms with Gasteiger partial charge in [-0.05, 0) is 42.3 Å². The number of sulfone groups is 1. The van der Waals surface area contributed by atoms with Crippen LogP contribution < -0.4 is 5.32 Å². The molecule has 6 nitrogen and oxygen atoms in total. The molecule has 2 rings (SSSR count). The Balaban J connectivity index is 2.11. The molecule has 0 bridgehead atoms. The van der Waals surface area contributed by atoms with Crippen molar-refractivity contribution in [3.8, 4) is 0 Å². The van der Waals surface area contributed by atoms with E-state index in [-0.39, 0.29) is 23.3 Å². The minimum absolute atomic E-state index is 0.0891. The first kappa shape index (κ1) is 19.7. The molecule has 0 radical (unpaired) electrons. The summed E-state index contributed by atoms with van der Waals surface area (Å²) in [6.07, 6.45) is 1.11. The molecular formula is C19H22N2O4S. The molecule has 2 aromatic rings. The van der Waals surface area contributed by atoms with Gasteiger partial charge in [0.15, 0.2) is 9.84 Å². The quantitative estimate of drug-likeness (QED) is 0.868. The number of aryl methyl sites for hydroxylation is 1. The predicted molar refractivity (Wildman–Crippen MR) is 99.9 cm³/mol. The van der Waals surface area contributed by atoms with E-state index in [4.69, 9.17) is 0 Å². The molecule has 7 heteroatoms. The number of hydrogen-bond acceptors (Lipinski definition) is 4. The van der Waals surface area contributed by atoms with Crippen molar-refractivity contribution in [1.29, 1.82) is 0 Å². The molecule has 0 aromatic heterocycles. The van der Waals surface area contributed by atoms with Crippen molar-refractivity contribution >= 4 is 21.7 Å². The van der Waals surface area contributed by atoms with E-state index in [0.29, 0.717) is 16.7 Å². The summed E-state index contributed by atoms with van der Waals surface area (Å²) in [4.78, 5) is 25.9. The van der Waals surface area contributed by atoms with Crippen LogP contribution >= 0.6 is 0 Å². The van der Waals surface area contributed by atoms with Crippen LogP contribution in [-0.4, -0.2) is 45.5 Å². The van der Waals surface area contributed by atoms with Crippen LogP contribution in [0, 0.1) is 6.92 Å². The average molecular weight is 374 g/mol. The highest BCUT2D eigenvalue weighted by Gasteiger charge is 2.14. The van der Waals surface area contributed by atoms with Crippen molar-refractivity contribution in [1.82, 2.24) is 10.2 Å². The van der Waals surface area contributed by atoms with Crippen LogP contribution in [0.25, 0.3) is 0 Å². The van der Waals surface area contributed by atoms with Gasteiger partial charge < -0.3 is 10.2 Å². The number of carbonyl (C=O) groups is 2. The van der Waals surface area contributed by atoms with Crippen LogP contribution in [0.4, 0.5) is 0 Å². The third-order valence-corrected chi connectivity index (χ3v) is 5.05. The second-order valence-electron chi connectivity index (χ2n) is 6.33. The molecule has 0 aliphatic heterocycles. The molecule has 0 saturated carbocycles. The molecule has 138 valence electrons. The topological polar surface area (TPSA) is 83.5 Å². The Hall–Kier alpha value is -2.67. The molecule has 2 amide bonds. The summed E-state index contributed by atoms with van der Waals surface area (Å²) in [5, 5.41) is 2.78. The van der Waals surface area contributed by atoms with Gasteiger partial charge >= 0.3 is 0 Å². The molecule has 0 saturated heterocycles. The molecule has 0 fully saturated rings. The van der Waals surface area contributed by atoms with E-state index in [0.717, 1.165) is 11.8 Å². The van der Waals surface area contributed by atoms with Crippen LogP contribution in [-0.2, 0) is 16.4 Å². The zero-order chi connectivity index (χ0) is 19.5. The lowest BCUT2D eigenvalue weighted by Crippen LogP contribution is -2.24. The van der Waals surface area contributed by atoms with Crippen molar-refractivity contribution in [3.63, 3.8) is 0 Å². The third kappa shape index (κ3) is 4.70. The lowest BCUT2D eigenvalue weighted by Gasteiger charge is -2.11. The van der Waals surface area contributed by atoms with E-state index >= 15 is 0 Å². The fourth-order valence-corrected chi connectivity index (χ4v) is 3.02. The van der Waals surface area contributed by atoms with Gasteiger partial charge in [-0.1, -0.05) is 18.2 Å². The molecule has 0 heterocycles. The third-order valence-electron chi connectivity index (χ3n) is 3.94. The van der Waals surface area contributed by atoms with E-state index in [9.17, 15) is 18.0 Å². The largest absolute Gasteiger partial charge is 0.348 e. The highest BCUT2D eigenvalue weighted by molar-refractivity contribution is 7.90. The van der Waals surface area contributed by atoms with Gasteiger partial charge in [0.1, 0.15) is 0 Å². The Bertz CT molecular complexity index is 933. The van der Waals surface area contributed by atoms with Gasteiger partial charge in [-0.2, -0.15) is 0 Å². The fraction of sp³-hybridized carbons (Fsp3) is 0.263. The normalized spacial score (nSPS) is 11.1. The zero-order valence-electron chi connectivity index (χ0n) is 15.2. The Morgan fingerprint density at radius 2 is 1.65 bits per heavy atom. The molecule has 0 unspecified atom stereocenters. The minimum atomic E-state index is -3.38. The van der Waals surface area contributed by atoms with Crippen LogP contribution in [0.2, 0.25) is 0 Å². The molecule has 0 spiro atoms. The van der Waals surface area contributed by atoms with Gasteiger partial charge in [0.25, 0.3) is 11.8 Å². The highest BCUT2D eigenvalue weighted by atomic mass is 32.2. The van der Waals surface area contributed by atoms with Crippen molar-refractivity contribution in [3.05, 3.63) is 64.7 Å². The number of nitrogens with zero attached hydrogens (tertiary/aromatic N) is 1. The summed E-state index contributed by atoms with van der Waals surface area (Å²) in [5.41, 5.74) is 2.43. The maximum Gasteiger partial charge on any atom is 0.253 e.